The van der Waals surface area contributed by atoms with Crippen molar-refractivity contribution in [1.29, 1.82) is 0 Å². The van der Waals surface area contributed by atoms with E-state index in [0.717, 1.165) is 18.4 Å². The smallest absolute Gasteiger partial charge is 0.341 e. The molecule has 2 aromatic rings. The minimum Gasteiger partial charge on any atom is -0.493 e. The molecular formula is C27H38ClN3O6. The fourth-order valence-corrected chi connectivity index (χ4v) is 3.84. The highest BCUT2D eigenvalue weighted by atomic mass is 35.5. The van der Waals surface area contributed by atoms with E-state index < -0.39 is 12.6 Å². The van der Waals surface area contributed by atoms with Gasteiger partial charge >= 0.3 is 5.97 Å². The number of hydrogen-bond donors (Lipinski definition) is 2. The summed E-state index contributed by atoms with van der Waals surface area (Å²) in [4.78, 5) is 26.0. The zero-order chi connectivity index (χ0) is 26.7. The number of aliphatic carboxylic acids is 1. The Kier molecular flexibility index (Phi) is 13.3. The maximum atomic E-state index is 13.2. The third-order valence-electron chi connectivity index (χ3n) is 5.37. The average molecular weight is 536 g/mol. The summed E-state index contributed by atoms with van der Waals surface area (Å²) in [5.74, 6) is 5.29. The van der Waals surface area contributed by atoms with Gasteiger partial charge in [0.25, 0.3) is 5.91 Å². The topological polar surface area (TPSA) is 124 Å². The largest absolute Gasteiger partial charge is 0.493 e. The minimum atomic E-state index is -1.13. The summed E-state index contributed by atoms with van der Waals surface area (Å²) in [6.07, 6.45) is 2.94. The van der Waals surface area contributed by atoms with Crippen LogP contribution in [-0.2, 0) is 4.79 Å². The van der Waals surface area contributed by atoms with Crippen molar-refractivity contribution in [2.24, 2.45) is 10.9 Å². The molecule has 10 heteroatoms. The molecule has 1 atom stereocenters. The number of hydrazone groups is 1. The average Bonchev–Trinajstić information content (AvgIpc) is 2.81. The number of rotatable bonds is 14. The molecule has 0 heterocycles. The standard InChI is InChI=1S/C27H37N3O6.ClH/c1-18(2)30(19(3)4)27(33)23-13-12-22(15-25(23)35-17-26(31)32)34-14-8-9-20(5)36-24-11-7-6-10-21(24)16-29-28;/h6-7,10-13,15-16,18-20H,8-9,14,17,28H2,1-5H3,(H,31,32);1H. The molecule has 2 aromatic carbocycles. The fourth-order valence-electron chi connectivity index (χ4n) is 3.84. The molecule has 3 N–H and O–H groups in total. The van der Waals surface area contributed by atoms with E-state index in [4.69, 9.17) is 25.2 Å². The monoisotopic (exact) mass is 535 g/mol. The normalized spacial score (nSPS) is 11.8. The number of hydrogen-bond acceptors (Lipinski definition) is 7. The highest BCUT2D eigenvalue weighted by Crippen LogP contribution is 2.28. The van der Waals surface area contributed by atoms with Crippen LogP contribution in [0, 0.1) is 0 Å². The Morgan fingerprint density at radius 1 is 1.03 bits per heavy atom. The molecule has 1 amide bonds. The summed E-state index contributed by atoms with van der Waals surface area (Å²) in [5.41, 5.74) is 1.10. The zero-order valence-electron chi connectivity index (χ0n) is 22.0. The summed E-state index contributed by atoms with van der Waals surface area (Å²) in [7, 11) is 0. The van der Waals surface area contributed by atoms with Crippen LogP contribution in [0.25, 0.3) is 0 Å². The van der Waals surface area contributed by atoms with Crippen LogP contribution in [0.4, 0.5) is 0 Å². The number of carbonyl (C=O) groups is 2. The molecule has 204 valence electrons. The fraction of sp³-hybridized carbons (Fsp3) is 0.444. The number of para-hydroxylation sites is 1. The molecule has 0 saturated carbocycles. The summed E-state index contributed by atoms with van der Waals surface area (Å²) in [6, 6.07) is 12.3. The molecule has 2 rings (SSSR count). The lowest BCUT2D eigenvalue weighted by Crippen LogP contribution is -2.42. The molecule has 0 aromatic heterocycles. The van der Waals surface area contributed by atoms with Gasteiger partial charge in [0.05, 0.1) is 24.5 Å². The van der Waals surface area contributed by atoms with Gasteiger partial charge in [-0.25, -0.2) is 4.79 Å². The van der Waals surface area contributed by atoms with E-state index in [1.807, 2.05) is 58.9 Å². The van der Waals surface area contributed by atoms with Gasteiger partial charge in [-0.1, -0.05) is 12.1 Å². The van der Waals surface area contributed by atoms with Crippen molar-refractivity contribution < 1.29 is 28.9 Å². The molecule has 0 bridgehead atoms. The maximum absolute atomic E-state index is 13.2. The number of amides is 1. The van der Waals surface area contributed by atoms with Gasteiger partial charge in [-0.15, -0.1) is 12.4 Å². The van der Waals surface area contributed by atoms with E-state index in [2.05, 4.69) is 5.10 Å². The van der Waals surface area contributed by atoms with Gasteiger partial charge in [0.15, 0.2) is 6.61 Å². The van der Waals surface area contributed by atoms with Crippen LogP contribution in [-0.4, -0.2) is 59.5 Å². The predicted octanol–water partition coefficient (Wildman–Crippen LogP) is 4.75. The molecule has 9 nitrogen and oxygen atoms in total. The molecule has 0 saturated heterocycles. The second-order valence-corrected chi connectivity index (χ2v) is 8.98. The molecule has 37 heavy (non-hydrogen) atoms. The van der Waals surface area contributed by atoms with Crippen molar-refractivity contribution in [3.8, 4) is 17.2 Å². The first-order valence-corrected chi connectivity index (χ1v) is 12.1. The second-order valence-electron chi connectivity index (χ2n) is 8.98. The van der Waals surface area contributed by atoms with E-state index in [0.29, 0.717) is 23.7 Å². The van der Waals surface area contributed by atoms with E-state index in [1.165, 1.54) is 0 Å². The number of benzene rings is 2. The van der Waals surface area contributed by atoms with Crippen molar-refractivity contribution in [3.63, 3.8) is 0 Å². The van der Waals surface area contributed by atoms with Gasteiger partial charge in [0.1, 0.15) is 17.2 Å². The number of halogens is 1. The number of carbonyl (C=O) groups excluding carboxylic acids is 1. The van der Waals surface area contributed by atoms with Gasteiger partial charge in [-0.05, 0) is 71.7 Å². The Labute approximate surface area is 225 Å². The number of carboxylic acids is 1. The molecular weight excluding hydrogens is 498 g/mol. The number of nitrogens with zero attached hydrogens (tertiary/aromatic N) is 2. The van der Waals surface area contributed by atoms with E-state index in [-0.39, 0.29) is 42.3 Å². The third-order valence-corrected chi connectivity index (χ3v) is 5.37. The molecule has 0 radical (unpaired) electrons. The van der Waals surface area contributed by atoms with E-state index in [1.54, 1.807) is 29.3 Å². The summed E-state index contributed by atoms with van der Waals surface area (Å²) in [6.45, 7) is 9.56. The van der Waals surface area contributed by atoms with Crippen LogP contribution in [0.2, 0.25) is 0 Å². The molecule has 0 aliphatic heterocycles. The Hall–Kier alpha value is -3.46. The van der Waals surface area contributed by atoms with Crippen LogP contribution in [0.15, 0.2) is 47.6 Å². The van der Waals surface area contributed by atoms with Gasteiger partial charge in [-0.2, -0.15) is 5.10 Å². The zero-order valence-corrected chi connectivity index (χ0v) is 22.9. The minimum absolute atomic E-state index is 0. The Morgan fingerprint density at radius 2 is 1.70 bits per heavy atom. The van der Waals surface area contributed by atoms with E-state index in [9.17, 15) is 9.59 Å². The first-order valence-electron chi connectivity index (χ1n) is 12.1. The first-order chi connectivity index (χ1) is 17.1. The van der Waals surface area contributed by atoms with Crippen LogP contribution in [0.3, 0.4) is 0 Å². The lowest BCUT2D eigenvalue weighted by atomic mass is 10.1. The highest BCUT2D eigenvalue weighted by Gasteiger charge is 2.25. The van der Waals surface area contributed by atoms with Gasteiger partial charge < -0.3 is 30.1 Å². The lowest BCUT2D eigenvalue weighted by molar-refractivity contribution is -0.139. The Balaban J connectivity index is 0.00000684. The van der Waals surface area contributed by atoms with Gasteiger partial charge in [0.2, 0.25) is 0 Å². The van der Waals surface area contributed by atoms with Crippen LogP contribution >= 0.6 is 12.4 Å². The van der Waals surface area contributed by atoms with Crippen molar-refractivity contribution in [3.05, 3.63) is 53.6 Å². The maximum Gasteiger partial charge on any atom is 0.341 e. The molecule has 0 aliphatic carbocycles. The van der Waals surface area contributed by atoms with Gasteiger partial charge in [-0.3, -0.25) is 4.79 Å². The summed E-state index contributed by atoms with van der Waals surface area (Å²) >= 11 is 0. The molecule has 0 aliphatic rings. The predicted molar refractivity (Wildman–Crippen MR) is 146 cm³/mol. The van der Waals surface area contributed by atoms with Gasteiger partial charge in [0, 0.05) is 23.7 Å². The molecule has 0 fully saturated rings. The Bertz CT molecular complexity index is 1040. The quantitative estimate of drug-likeness (QED) is 0.155. The number of nitrogens with two attached hydrogens (primary N) is 1. The molecule has 0 spiro atoms. The van der Waals surface area contributed by atoms with Crippen LogP contribution < -0.4 is 20.1 Å². The van der Waals surface area contributed by atoms with Crippen molar-refractivity contribution in [2.75, 3.05) is 13.2 Å². The number of carboxylic acid groups (broad SMARTS) is 1. The van der Waals surface area contributed by atoms with Crippen LogP contribution in [0.1, 0.15) is 63.4 Å². The molecule has 1 unspecified atom stereocenters. The Morgan fingerprint density at radius 3 is 2.32 bits per heavy atom. The lowest BCUT2D eigenvalue weighted by Gasteiger charge is -2.31. The summed E-state index contributed by atoms with van der Waals surface area (Å²) in [5, 5.41) is 12.6. The van der Waals surface area contributed by atoms with Crippen molar-refractivity contribution in [1.82, 2.24) is 4.90 Å². The second kappa shape index (κ2) is 15.6. The first kappa shape index (κ1) is 31.6. The van der Waals surface area contributed by atoms with Crippen LogP contribution in [0.5, 0.6) is 17.2 Å². The summed E-state index contributed by atoms with van der Waals surface area (Å²) < 4.78 is 17.3. The SMILES string of the molecule is CC(CCCOc1ccc(C(=O)N(C(C)C)C(C)C)c(OCC(=O)O)c1)Oc1ccccc1C=NN.Cl. The third kappa shape index (κ3) is 9.84. The van der Waals surface area contributed by atoms with Crippen molar-refractivity contribution >= 4 is 30.5 Å². The number of ether oxygens (including phenoxy) is 3. The van der Waals surface area contributed by atoms with E-state index >= 15 is 0 Å². The highest BCUT2D eigenvalue weighted by molar-refractivity contribution is 5.97. The van der Waals surface area contributed by atoms with Crippen molar-refractivity contribution in [2.45, 2.75) is 65.6 Å².